The van der Waals surface area contributed by atoms with Crippen molar-refractivity contribution in [1.82, 2.24) is 0 Å². The second kappa shape index (κ2) is 1.45. The Labute approximate surface area is 35.1 Å². The zero-order valence-corrected chi connectivity index (χ0v) is 3.10. The topological polar surface area (TPSA) is 66.2 Å². The first-order chi connectivity index (χ1) is 2.64. The molecule has 0 aromatic carbocycles. The van der Waals surface area contributed by atoms with E-state index in [0.29, 0.717) is 0 Å². The number of hydrogen-bond acceptors (Lipinski definition) is 3. The van der Waals surface area contributed by atoms with E-state index in [-0.39, 0.29) is 0 Å². The number of carboxylic acids is 1. The van der Waals surface area contributed by atoms with Gasteiger partial charge >= 0.3 is 0 Å². The molecule has 0 saturated heterocycles. The third kappa shape index (κ3) is 1.34. The van der Waals surface area contributed by atoms with Crippen LogP contribution in [0.25, 0.3) is 0 Å². The number of carbonyl (C=O) groups excluding carboxylic acids is 1. The first kappa shape index (κ1) is 5.01. The summed E-state index contributed by atoms with van der Waals surface area (Å²) in [5, 5.41) is 9.36. The maximum Gasteiger partial charge on any atom is 0.0866 e. The van der Waals surface area contributed by atoms with Crippen LogP contribution in [0.1, 0.15) is 0 Å². The van der Waals surface area contributed by atoms with Gasteiger partial charge in [-0.05, 0) is 0 Å². The van der Waals surface area contributed by atoms with Gasteiger partial charge in [-0.25, -0.2) is 0 Å². The van der Waals surface area contributed by atoms with Gasteiger partial charge < -0.3 is 15.6 Å². The molecule has 0 aromatic heterocycles. The summed E-state index contributed by atoms with van der Waals surface area (Å²) in [7, 11) is 0. The first-order valence-electron chi connectivity index (χ1n) is 1.30. The van der Waals surface area contributed by atoms with Crippen LogP contribution in [0.3, 0.4) is 0 Å². The summed E-state index contributed by atoms with van der Waals surface area (Å²) in [4.78, 5) is 9.36. The first-order valence-corrected chi connectivity index (χ1v) is 1.30. The maximum atomic E-state index is 9.36. The fourth-order valence-electron chi connectivity index (χ4n) is 0. The lowest BCUT2D eigenvalue weighted by molar-refractivity contribution is -0.299. The van der Waals surface area contributed by atoms with Gasteiger partial charge in [0.2, 0.25) is 0 Å². The molecule has 0 aliphatic carbocycles. The van der Waals surface area contributed by atoms with Gasteiger partial charge in [-0.2, -0.15) is 0 Å². The summed E-state index contributed by atoms with van der Waals surface area (Å²) >= 11 is 0. The van der Waals surface area contributed by atoms with E-state index >= 15 is 0 Å². The summed E-state index contributed by atoms with van der Waals surface area (Å²) in [5.41, 5.74) is 4.14. The van der Waals surface area contributed by atoms with E-state index in [2.05, 4.69) is 12.3 Å². The minimum Gasteiger partial charge on any atom is -0.543 e. The third-order valence-corrected chi connectivity index (χ3v) is 0.262. The van der Waals surface area contributed by atoms with Gasteiger partial charge in [0.25, 0.3) is 0 Å². The van der Waals surface area contributed by atoms with Crippen molar-refractivity contribution in [3.8, 4) is 0 Å². The van der Waals surface area contributed by atoms with Gasteiger partial charge in [-0.15, -0.1) is 0 Å². The maximum absolute atomic E-state index is 9.36. The SMILES string of the molecule is C=C(N)C(=O)[O-]. The molecule has 0 heterocycles. The Kier molecular flexibility index (Phi) is 1.21. The summed E-state index contributed by atoms with van der Waals surface area (Å²) in [6.45, 7) is 2.87. The number of nitrogens with two attached hydrogens (primary N) is 1. The molecule has 0 aromatic rings. The zero-order valence-electron chi connectivity index (χ0n) is 3.10. The van der Waals surface area contributed by atoms with Gasteiger partial charge in [0.15, 0.2) is 0 Å². The van der Waals surface area contributed by atoms with E-state index in [1.807, 2.05) is 0 Å². The lowest BCUT2D eigenvalue weighted by atomic mass is 10.5. The molecule has 3 nitrogen and oxygen atoms in total. The Morgan fingerprint density at radius 1 is 1.83 bits per heavy atom. The molecule has 6 heavy (non-hydrogen) atoms. The van der Waals surface area contributed by atoms with E-state index in [9.17, 15) is 9.90 Å². The summed E-state index contributed by atoms with van der Waals surface area (Å²) in [6.07, 6.45) is 0. The predicted molar refractivity (Wildman–Crippen MR) is 18.3 cm³/mol. The highest BCUT2D eigenvalue weighted by atomic mass is 16.4. The number of carbonyl (C=O) groups is 1. The van der Waals surface area contributed by atoms with Gasteiger partial charge in [0.05, 0.1) is 5.97 Å². The highest BCUT2D eigenvalue weighted by Gasteiger charge is 1.76. The largest absolute Gasteiger partial charge is 0.543 e. The second-order valence-corrected chi connectivity index (χ2v) is 0.813. The van der Waals surface area contributed by atoms with Crippen LogP contribution in [-0.2, 0) is 4.79 Å². The molecule has 0 fully saturated rings. The predicted octanol–water partition coefficient (Wildman–Crippen LogP) is -1.79. The van der Waals surface area contributed by atoms with Gasteiger partial charge in [0.1, 0.15) is 0 Å². The minimum atomic E-state index is -1.41. The van der Waals surface area contributed by atoms with Crippen molar-refractivity contribution in [3.05, 3.63) is 12.3 Å². The molecule has 2 N–H and O–H groups in total. The Morgan fingerprint density at radius 3 is 2.00 bits per heavy atom. The third-order valence-electron chi connectivity index (χ3n) is 0.262. The molecule has 0 amide bonds. The minimum absolute atomic E-state index is 0.435. The molecular weight excluding hydrogens is 82.0 g/mol. The molecule has 0 spiro atoms. The van der Waals surface area contributed by atoms with E-state index in [1.165, 1.54) is 0 Å². The number of aliphatic carboxylic acids is 1. The van der Waals surface area contributed by atoms with Gasteiger partial charge in [-0.1, -0.05) is 6.58 Å². The van der Waals surface area contributed by atoms with Crippen LogP contribution in [0.15, 0.2) is 12.3 Å². The second-order valence-electron chi connectivity index (χ2n) is 0.813. The van der Waals surface area contributed by atoms with E-state index in [4.69, 9.17) is 0 Å². The summed E-state index contributed by atoms with van der Waals surface area (Å²) < 4.78 is 0. The van der Waals surface area contributed by atoms with Crippen LogP contribution in [0, 0.1) is 0 Å². The van der Waals surface area contributed by atoms with E-state index in [1.54, 1.807) is 0 Å². The fourth-order valence-corrected chi connectivity index (χ4v) is 0. The van der Waals surface area contributed by atoms with Gasteiger partial charge in [-0.3, -0.25) is 0 Å². The average molecular weight is 86.1 g/mol. The smallest absolute Gasteiger partial charge is 0.0866 e. The standard InChI is InChI=1S/C3H5NO2/c1-2(4)3(5)6/h1,4H2,(H,5,6)/p-1. The summed E-state index contributed by atoms with van der Waals surface area (Å²) in [5.74, 6) is -1.41. The molecule has 0 unspecified atom stereocenters. The Morgan fingerprint density at radius 2 is 2.00 bits per heavy atom. The Hall–Kier alpha value is -0.990. The molecule has 0 radical (unpaired) electrons. The molecule has 3 heteroatoms. The molecule has 0 aliphatic rings. The van der Waals surface area contributed by atoms with E-state index < -0.39 is 11.7 Å². The quantitative estimate of drug-likeness (QED) is 0.383. The Balaban J connectivity index is 3.57. The van der Waals surface area contributed by atoms with Crippen molar-refractivity contribution in [1.29, 1.82) is 0 Å². The van der Waals surface area contributed by atoms with E-state index in [0.717, 1.165) is 0 Å². The average Bonchev–Trinajstić information content (AvgIpc) is 1.36. The number of carboxylic acid groups (broad SMARTS) is 1. The van der Waals surface area contributed by atoms with Crippen LogP contribution >= 0.6 is 0 Å². The van der Waals surface area contributed by atoms with Crippen LogP contribution in [-0.4, -0.2) is 5.97 Å². The molecule has 0 atom stereocenters. The monoisotopic (exact) mass is 86.0 g/mol. The zero-order chi connectivity index (χ0) is 5.15. The lowest BCUT2D eigenvalue weighted by Gasteiger charge is -1.93. The molecule has 0 bridgehead atoms. The van der Waals surface area contributed by atoms with Crippen molar-refractivity contribution < 1.29 is 9.90 Å². The van der Waals surface area contributed by atoms with Crippen LogP contribution in [0.2, 0.25) is 0 Å². The Bertz CT molecular complexity index is 74.8. The fraction of sp³-hybridized carbons (Fsp3) is 0. The van der Waals surface area contributed by atoms with Gasteiger partial charge in [0, 0.05) is 5.70 Å². The number of rotatable bonds is 1. The molecular formula is C3H4NO2-. The summed E-state index contributed by atoms with van der Waals surface area (Å²) in [6, 6.07) is 0. The van der Waals surface area contributed by atoms with Crippen molar-refractivity contribution in [3.63, 3.8) is 0 Å². The van der Waals surface area contributed by atoms with Crippen LogP contribution in [0.4, 0.5) is 0 Å². The highest BCUT2D eigenvalue weighted by Crippen LogP contribution is 1.64. The van der Waals surface area contributed by atoms with Crippen LogP contribution in [0.5, 0.6) is 0 Å². The molecule has 0 aliphatic heterocycles. The van der Waals surface area contributed by atoms with Crippen molar-refractivity contribution in [2.24, 2.45) is 5.73 Å². The highest BCUT2D eigenvalue weighted by molar-refractivity contribution is 5.82. The molecule has 0 rings (SSSR count). The lowest BCUT2D eigenvalue weighted by Crippen LogP contribution is -2.27. The van der Waals surface area contributed by atoms with Crippen molar-refractivity contribution in [2.75, 3.05) is 0 Å². The van der Waals surface area contributed by atoms with Crippen molar-refractivity contribution >= 4 is 5.97 Å². The number of hydrogen-bond donors (Lipinski definition) is 1. The normalized spacial score (nSPS) is 7.33. The van der Waals surface area contributed by atoms with Crippen LogP contribution < -0.4 is 10.8 Å². The molecule has 34 valence electrons. The molecule has 0 saturated carbocycles. The van der Waals surface area contributed by atoms with Crippen molar-refractivity contribution in [2.45, 2.75) is 0 Å².